The molecule has 1 fully saturated rings. The molecule has 1 aliphatic rings. The van der Waals surface area contributed by atoms with Crippen LogP contribution in [-0.2, 0) is 6.54 Å². The highest BCUT2D eigenvalue weighted by Crippen LogP contribution is 2.32. The molecule has 1 saturated carbocycles. The zero-order valence-electron chi connectivity index (χ0n) is 9.94. The van der Waals surface area contributed by atoms with Crippen LogP contribution in [0.3, 0.4) is 0 Å². The van der Waals surface area contributed by atoms with Crippen molar-refractivity contribution in [2.24, 2.45) is 5.92 Å². The fraction of sp³-hybridized carbons (Fsp3) is 0.357. The second-order valence-electron chi connectivity index (χ2n) is 4.73. The predicted octanol–water partition coefficient (Wildman–Crippen LogP) is 2.41. The molecule has 2 aromatic rings. The lowest BCUT2D eigenvalue weighted by Gasteiger charge is -2.02. The molecule has 0 bridgehead atoms. The molecule has 0 atom stereocenters. The van der Waals surface area contributed by atoms with Crippen LogP contribution < -0.4 is 5.32 Å². The lowest BCUT2D eigenvalue weighted by atomic mass is 10.1. The van der Waals surface area contributed by atoms with Gasteiger partial charge < -0.3 is 9.88 Å². The van der Waals surface area contributed by atoms with Gasteiger partial charge in [-0.1, -0.05) is 18.2 Å². The van der Waals surface area contributed by atoms with Crippen LogP contribution in [0.2, 0.25) is 0 Å². The van der Waals surface area contributed by atoms with Crippen molar-refractivity contribution < 1.29 is 4.79 Å². The highest BCUT2D eigenvalue weighted by molar-refractivity contribution is 6.06. The number of carbonyl (C=O) groups is 1. The first-order valence-corrected chi connectivity index (χ1v) is 6.09. The molecule has 0 aliphatic heterocycles. The second kappa shape index (κ2) is 3.91. The van der Waals surface area contributed by atoms with Crippen molar-refractivity contribution in [2.45, 2.75) is 19.4 Å². The maximum Gasteiger partial charge on any atom is 0.253 e. The Balaban J connectivity index is 2.11. The van der Waals surface area contributed by atoms with E-state index in [1.165, 1.54) is 12.8 Å². The Morgan fingerprint density at radius 3 is 2.88 bits per heavy atom. The van der Waals surface area contributed by atoms with Crippen LogP contribution in [0, 0.1) is 5.92 Å². The number of para-hydroxylation sites is 1. The smallest absolute Gasteiger partial charge is 0.253 e. The van der Waals surface area contributed by atoms with Crippen LogP contribution >= 0.6 is 0 Å². The number of rotatable bonds is 3. The number of carbonyl (C=O) groups excluding carboxylic acids is 1. The Bertz CT molecular complexity index is 567. The van der Waals surface area contributed by atoms with Gasteiger partial charge in [0.25, 0.3) is 5.91 Å². The van der Waals surface area contributed by atoms with E-state index in [1.54, 1.807) is 7.05 Å². The summed E-state index contributed by atoms with van der Waals surface area (Å²) in [6.45, 7) is 1.04. The van der Waals surface area contributed by atoms with Crippen LogP contribution in [0.15, 0.2) is 30.5 Å². The second-order valence-corrected chi connectivity index (χ2v) is 4.73. The Hall–Kier alpha value is -1.77. The minimum atomic E-state index is -0.00394. The Morgan fingerprint density at radius 1 is 1.41 bits per heavy atom. The van der Waals surface area contributed by atoms with E-state index in [4.69, 9.17) is 0 Å². The van der Waals surface area contributed by atoms with Gasteiger partial charge in [-0.2, -0.15) is 0 Å². The van der Waals surface area contributed by atoms with Gasteiger partial charge >= 0.3 is 0 Å². The minimum Gasteiger partial charge on any atom is -0.355 e. The molecule has 1 amide bonds. The molecule has 3 nitrogen and oxygen atoms in total. The van der Waals surface area contributed by atoms with Crippen molar-refractivity contribution in [3.8, 4) is 0 Å². The van der Waals surface area contributed by atoms with E-state index in [0.717, 1.165) is 28.9 Å². The number of nitrogens with one attached hydrogen (secondary N) is 1. The first-order valence-electron chi connectivity index (χ1n) is 6.09. The molecule has 1 N–H and O–H groups in total. The summed E-state index contributed by atoms with van der Waals surface area (Å²) < 4.78 is 2.22. The number of amides is 1. The maximum atomic E-state index is 11.8. The summed E-state index contributed by atoms with van der Waals surface area (Å²) in [6, 6.07) is 8.11. The SMILES string of the molecule is CNC(=O)c1cn(CC2CC2)c2ccccc12. The van der Waals surface area contributed by atoms with E-state index in [1.807, 2.05) is 24.4 Å². The third kappa shape index (κ3) is 1.82. The molecular weight excluding hydrogens is 212 g/mol. The van der Waals surface area contributed by atoms with Crippen molar-refractivity contribution in [1.29, 1.82) is 0 Å². The first kappa shape index (κ1) is 10.4. The molecule has 0 spiro atoms. The normalized spacial score (nSPS) is 15.1. The molecule has 1 aromatic carbocycles. The lowest BCUT2D eigenvalue weighted by molar-refractivity contribution is 0.0964. The number of benzene rings is 1. The van der Waals surface area contributed by atoms with E-state index in [9.17, 15) is 4.79 Å². The highest BCUT2D eigenvalue weighted by Gasteiger charge is 2.23. The van der Waals surface area contributed by atoms with Crippen molar-refractivity contribution in [3.63, 3.8) is 0 Å². The summed E-state index contributed by atoms with van der Waals surface area (Å²) in [5.74, 6) is 0.805. The molecule has 1 aromatic heterocycles. The Labute approximate surface area is 100 Å². The van der Waals surface area contributed by atoms with Crippen LogP contribution in [0.25, 0.3) is 10.9 Å². The van der Waals surface area contributed by atoms with Gasteiger partial charge in [-0.3, -0.25) is 4.79 Å². The average Bonchev–Trinajstić information content (AvgIpc) is 3.10. The summed E-state index contributed by atoms with van der Waals surface area (Å²) in [6.07, 6.45) is 4.63. The fourth-order valence-electron chi connectivity index (χ4n) is 2.29. The first-order chi connectivity index (χ1) is 8.29. The summed E-state index contributed by atoms with van der Waals surface area (Å²) in [4.78, 5) is 11.8. The standard InChI is InChI=1S/C14H16N2O/c1-15-14(17)12-9-16(8-10-6-7-10)13-5-3-2-4-11(12)13/h2-5,9-10H,6-8H2,1H3,(H,15,17). The molecule has 17 heavy (non-hydrogen) atoms. The molecule has 3 rings (SSSR count). The number of hydrogen-bond donors (Lipinski definition) is 1. The molecule has 0 unspecified atom stereocenters. The minimum absolute atomic E-state index is 0.00394. The van der Waals surface area contributed by atoms with Crippen molar-refractivity contribution in [1.82, 2.24) is 9.88 Å². The molecule has 0 saturated heterocycles. The highest BCUT2D eigenvalue weighted by atomic mass is 16.1. The topological polar surface area (TPSA) is 34.0 Å². The van der Waals surface area contributed by atoms with Gasteiger partial charge in [0.2, 0.25) is 0 Å². The van der Waals surface area contributed by atoms with Gasteiger partial charge in [0.1, 0.15) is 0 Å². The van der Waals surface area contributed by atoms with Crippen LogP contribution in [0.5, 0.6) is 0 Å². The van der Waals surface area contributed by atoms with Crippen LogP contribution in [0.4, 0.5) is 0 Å². The average molecular weight is 228 g/mol. The Morgan fingerprint density at radius 2 is 2.18 bits per heavy atom. The monoisotopic (exact) mass is 228 g/mol. The molecule has 3 heteroatoms. The summed E-state index contributed by atoms with van der Waals surface area (Å²) in [5.41, 5.74) is 1.95. The van der Waals surface area contributed by atoms with E-state index < -0.39 is 0 Å². The maximum absolute atomic E-state index is 11.8. The summed E-state index contributed by atoms with van der Waals surface area (Å²) in [5, 5.41) is 3.75. The van der Waals surface area contributed by atoms with Crippen molar-refractivity contribution in [3.05, 3.63) is 36.0 Å². The van der Waals surface area contributed by atoms with E-state index in [-0.39, 0.29) is 5.91 Å². The lowest BCUT2D eigenvalue weighted by Crippen LogP contribution is -2.17. The third-order valence-corrected chi connectivity index (χ3v) is 3.41. The van der Waals surface area contributed by atoms with E-state index in [2.05, 4.69) is 16.0 Å². The molecule has 1 heterocycles. The molecule has 88 valence electrons. The number of fused-ring (bicyclic) bond motifs is 1. The zero-order valence-corrected chi connectivity index (χ0v) is 9.94. The van der Waals surface area contributed by atoms with E-state index >= 15 is 0 Å². The van der Waals surface area contributed by atoms with Gasteiger partial charge in [0.05, 0.1) is 5.56 Å². The van der Waals surface area contributed by atoms with Gasteiger partial charge in [-0.05, 0) is 24.8 Å². The van der Waals surface area contributed by atoms with Gasteiger partial charge in [0.15, 0.2) is 0 Å². The van der Waals surface area contributed by atoms with E-state index in [0.29, 0.717) is 0 Å². The number of hydrogen-bond acceptors (Lipinski definition) is 1. The predicted molar refractivity (Wildman–Crippen MR) is 68.1 cm³/mol. The van der Waals surface area contributed by atoms with Crippen LogP contribution in [0.1, 0.15) is 23.2 Å². The van der Waals surface area contributed by atoms with Crippen LogP contribution in [-0.4, -0.2) is 17.5 Å². The fourth-order valence-corrected chi connectivity index (χ4v) is 2.29. The van der Waals surface area contributed by atoms with Crippen molar-refractivity contribution in [2.75, 3.05) is 7.05 Å². The van der Waals surface area contributed by atoms with Gasteiger partial charge in [0, 0.05) is 30.7 Å². The summed E-state index contributed by atoms with van der Waals surface area (Å²) in [7, 11) is 1.68. The number of nitrogens with zero attached hydrogens (tertiary/aromatic N) is 1. The quantitative estimate of drug-likeness (QED) is 0.860. The zero-order chi connectivity index (χ0) is 11.8. The largest absolute Gasteiger partial charge is 0.355 e. The Kier molecular flexibility index (Phi) is 2.39. The molecule has 0 radical (unpaired) electrons. The number of aromatic nitrogens is 1. The molecule has 1 aliphatic carbocycles. The van der Waals surface area contributed by atoms with Gasteiger partial charge in [-0.25, -0.2) is 0 Å². The molecular formula is C14H16N2O. The summed E-state index contributed by atoms with van der Waals surface area (Å²) >= 11 is 0. The third-order valence-electron chi connectivity index (χ3n) is 3.41. The van der Waals surface area contributed by atoms with Crippen molar-refractivity contribution >= 4 is 16.8 Å². The van der Waals surface area contributed by atoms with Gasteiger partial charge in [-0.15, -0.1) is 0 Å².